The van der Waals surface area contributed by atoms with E-state index in [9.17, 15) is 68.8 Å². The molecule has 1 fully saturated rings. The molecule has 1 aliphatic carbocycles. The Labute approximate surface area is 390 Å². The van der Waals surface area contributed by atoms with Gasteiger partial charge in [0.25, 0.3) is 0 Å². The van der Waals surface area contributed by atoms with Crippen LogP contribution in [0.15, 0.2) is 24.3 Å². The van der Waals surface area contributed by atoms with Gasteiger partial charge in [0, 0.05) is 25.2 Å². The molecule has 0 amide bonds. The molecule has 0 aromatic heterocycles. The fraction of sp³-hybridized carbons (Fsp3) is 0.844. The quantitative estimate of drug-likeness (QED) is 0.0263. The highest BCUT2D eigenvalue weighted by atomic mass is 31.2. The molecule has 19 nitrogen and oxygen atoms in total. The zero-order chi connectivity index (χ0) is 49.1. The number of aliphatic hydroxyl groups is 6. The molecular formula is C45H80O19P2. The van der Waals surface area contributed by atoms with E-state index in [2.05, 4.69) is 6.92 Å². The number of rotatable bonds is 23. The second kappa shape index (κ2) is 32.8. The molecule has 66 heavy (non-hydrogen) atoms. The van der Waals surface area contributed by atoms with Crippen molar-refractivity contribution in [3.05, 3.63) is 24.3 Å². The summed E-state index contributed by atoms with van der Waals surface area (Å²) in [6.07, 6.45) is 1.44. The van der Waals surface area contributed by atoms with Crippen molar-refractivity contribution in [2.75, 3.05) is 13.2 Å². The van der Waals surface area contributed by atoms with Gasteiger partial charge in [0.1, 0.15) is 36.8 Å². The Bertz CT molecular complexity index is 1540. The molecule has 1 unspecified atom stereocenters. The van der Waals surface area contributed by atoms with Crippen LogP contribution in [0.4, 0.5) is 0 Å². The van der Waals surface area contributed by atoms with E-state index < -0.39 is 120 Å². The van der Waals surface area contributed by atoms with Crippen molar-refractivity contribution in [2.45, 2.75) is 216 Å². The maximum absolute atomic E-state index is 13.9. The molecule has 384 valence electrons. The number of cyclic esters (lactones) is 1. The summed E-state index contributed by atoms with van der Waals surface area (Å²) < 4.78 is 52.1. The van der Waals surface area contributed by atoms with Crippen LogP contribution in [0.25, 0.3) is 0 Å². The van der Waals surface area contributed by atoms with Crippen LogP contribution in [0.1, 0.15) is 162 Å². The first-order chi connectivity index (χ1) is 31.3. The van der Waals surface area contributed by atoms with E-state index in [1.165, 1.54) is 51.0 Å². The summed E-state index contributed by atoms with van der Waals surface area (Å²) in [6, 6.07) is 0. The summed E-state index contributed by atoms with van der Waals surface area (Å²) in [5, 5.41) is 68.0. The van der Waals surface area contributed by atoms with Gasteiger partial charge >= 0.3 is 27.6 Å². The highest BCUT2D eigenvalue weighted by Crippen LogP contribution is 2.49. The lowest BCUT2D eigenvalue weighted by Gasteiger charge is -2.38. The molecule has 1 heterocycles. The van der Waals surface area contributed by atoms with Crippen LogP contribution < -0.4 is 0 Å². The van der Waals surface area contributed by atoms with E-state index in [1.54, 1.807) is 6.08 Å². The SMILES string of the molecule is CCCCCCCCCCCCCCCC(=O)O[C@@H]1COC(=O)CCC/C=C\C[C@@H]2[C@@H](O)[C@H](O)[C@@H](O)[C@H](OP(=O)(O)OC1)[C@H](OP(=O)(O)O)[C@H](O)[C@@H](/C=C/[C@@H](O)CCCCC)C(=O)C[C@@H]2O. The Morgan fingerprint density at radius 2 is 1.42 bits per heavy atom. The summed E-state index contributed by atoms with van der Waals surface area (Å²) in [4.78, 5) is 70.5. The lowest BCUT2D eigenvalue weighted by atomic mass is 9.83. The average molecular weight is 987 g/mol. The fourth-order valence-corrected chi connectivity index (χ4v) is 9.56. The molecule has 1 aliphatic heterocycles. The lowest BCUT2D eigenvalue weighted by molar-refractivity contribution is -0.165. The van der Waals surface area contributed by atoms with Crippen LogP contribution in [0, 0.1) is 11.8 Å². The summed E-state index contributed by atoms with van der Waals surface area (Å²) >= 11 is 0. The highest BCUT2D eigenvalue weighted by Gasteiger charge is 2.51. The minimum Gasteiger partial charge on any atom is -0.462 e. The normalized spacial score (nSPS) is 31.4. The molecule has 0 spiro atoms. The van der Waals surface area contributed by atoms with E-state index in [0.29, 0.717) is 12.8 Å². The number of aliphatic hydroxyl groups excluding tert-OH is 6. The largest absolute Gasteiger partial charge is 0.472 e. The number of fused-ring (bicyclic) bond motifs is 4. The van der Waals surface area contributed by atoms with Crippen LogP contribution in [0.2, 0.25) is 0 Å². The number of Topliss-reactive ketones (excluding diaryl/α,β-unsaturated/α-hetero) is 1. The number of allylic oxidation sites excluding steroid dienone is 2. The van der Waals surface area contributed by atoms with Crippen molar-refractivity contribution in [3.8, 4) is 0 Å². The predicted octanol–water partition coefficient (Wildman–Crippen LogP) is 5.54. The van der Waals surface area contributed by atoms with Crippen LogP contribution in [0.3, 0.4) is 0 Å². The number of unbranched alkanes of at least 4 members (excludes halogenated alkanes) is 14. The fourth-order valence-electron chi connectivity index (χ4n) is 8.03. The minimum atomic E-state index is -5.79. The number of hydrogen-bond donors (Lipinski definition) is 9. The first kappa shape index (κ1) is 60.2. The maximum Gasteiger partial charge on any atom is 0.472 e. The number of ether oxygens (including phenoxy) is 2. The Morgan fingerprint density at radius 3 is 2.03 bits per heavy atom. The van der Waals surface area contributed by atoms with Gasteiger partial charge in [0.05, 0.1) is 36.9 Å². The third kappa shape index (κ3) is 24.6. The predicted molar refractivity (Wildman–Crippen MR) is 242 cm³/mol. The molecule has 1 saturated carbocycles. The third-order valence-electron chi connectivity index (χ3n) is 11.9. The zero-order valence-corrected chi connectivity index (χ0v) is 40.6. The smallest absolute Gasteiger partial charge is 0.462 e. The van der Waals surface area contributed by atoms with Crippen molar-refractivity contribution in [1.29, 1.82) is 0 Å². The summed E-state index contributed by atoms with van der Waals surface area (Å²) in [6.45, 7) is 2.53. The van der Waals surface area contributed by atoms with E-state index in [0.717, 1.165) is 57.1 Å². The van der Waals surface area contributed by atoms with Crippen LogP contribution in [-0.4, -0.2) is 131 Å². The van der Waals surface area contributed by atoms with Crippen LogP contribution in [0.5, 0.6) is 0 Å². The monoisotopic (exact) mass is 986 g/mol. The summed E-state index contributed by atoms with van der Waals surface area (Å²) in [5.74, 6) is -5.80. The molecule has 9 N–H and O–H groups in total. The Kier molecular flexibility index (Phi) is 29.9. The molecular weight excluding hydrogens is 906 g/mol. The van der Waals surface area contributed by atoms with Crippen LogP contribution >= 0.6 is 15.6 Å². The van der Waals surface area contributed by atoms with E-state index >= 15 is 0 Å². The number of carbonyl (C=O) groups excluding carboxylic acids is 3. The maximum atomic E-state index is 13.9. The molecule has 0 aromatic rings. The van der Waals surface area contributed by atoms with Crippen molar-refractivity contribution in [2.24, 2.45) is 11.8 Å². The lowest BCUT2D eigenvalue weighted by Crippen LogP contribution is -2.56. The van der Waals surface area contributed by atoms with Gasteiger partial charge in [0.2, 0.25) is 0 Å². The van der Waals surface area contributed by atoms with Crippen molar-refractivity contribution >= 4 is 33.4 Å². The second-order valence-electron chi connectivity index (χ2n) is 17.6. The number of esters is 2. The van der Waals surface area contributed by atoms with Crippen molar-refractivity contribution < 1.29 is 91.9 Å². The molecule has 21 heteroatoms. The van der Waals surface area contributed by atoms with Gasteiger partial charge in [-0.1, -0.05) is 134 Å². The van der Waals surface area contributed by atoms with Crippen molar-refractivity contribution in [3.63, 3.8) is 0 Å². The third-order valence-corrected chi connectivity index (χ3v) is 13.4. The topological polar surface area (TPSA) is 314 Å². The molecule has 12 atom stereocenters. The van der Waals surface area contributed by atoms with Crippen LogP contribution in [-0.2, 0) is 46.6 Å². The molecule has 0 aromatic carbocycles. The standard InChI is InChI=1S/C45H80O19P2/c1-3-5-7-8-9-10-11-12-13-14-15-16-22-26-39(50)62-33-30-60-38(49)25-21-18-17-20-24-34-36(47)29-37(48)35(28-27-32(46)23-19-6-4-2)41(52)44(63-65(55,56)57)45(43(54)42(53)40(34)51)64-66(58,59)61-31-33/h17,20,27-28,32-36,40-47,51-54H,3-16,18-19,21-26,29-31H2,1-2H3,(H,58,59)(H2,55,56,57)/b20-17-,28-27+/t32-,33+,34-,35-,36-,40+,41+,42-,43+,44+,45-/m0/s1. The first-order valence-corrected chi connectivity index (χ1v) is 27.0. The van der Waals surface area contributed by atoms with Gasteiger partial charge in [-0.15, -0.1) is 0 Å². The van der Waals surface area contributed by atoms with Gasteiger partial charge < -0.3 is 54.8 Å². The number of phosphoric ester groups is 2. The molecule has 2 rings (SSSR count). The number of hydrogen-bond acceptors (Lipinski definition) is 16. The number of ketones is 1. The minimum absolute atomic E-state index is 0.0324. The van der Waals surface area contributed by atoms with Gasteiger partial charge in [-0.25, -0.2) is 9.13 Å². The van der Waals surface area contributed by atoms with E-state index in [1.807, 2.05) is 6.92 Å². The van der Waals surface area contributed by atoms with E-state index in [-0.39, 0.29) is 38.5 Å². The highest BCUT2D eigenvalue weighted by molar-refractivity contribution is 7.47. The van der Waals surface area contributed by atoms with Crippen molar-refractivity contribution in [1.82, 2.24) is 0 Å². The molecule has 0 saturated heterocycles. The Morgan fingerprint density at radius 1 is 0.833 bits per heavy atom. The molecule has 2 aliphatic rings. The van der Waals surface area contributed by atoms with Gasteiger partial charge in [-0.3, -0.25) is 28.0 Å². The van der Waals surface area contributed by atoms with Gasteiger partial charge in [-0.05, 0) is 32.1 Å². The van der Waals surface area contributed by atoms with E-state index in [4.69, 9.17) is 23.0 Å². The molecule has 2 bridgehead atoms. The van der Waals surface area contributed by atoms with Gasteiger partial charge in [0.15, 0.2) is 6.10 Å². The second-order valence-corrected chi connectivity index (χ2v) is 20.2. The zero-order valence-electron chi connectivity index (χ0n) is 38.8. The average Bonchev–Trinajstić information content (AvgIpc) is 3.25. The number of phosphoric acid groups is 2. The summed E-state index contributed by atoms with van der Waals surface area (Å²) in [5.41, 5.74) is 0. The van der Waals surface area contributed by atoms with Gasteiger partial charge in [-0.2, -0.15) is 0 Å². The Hall–Kier alpha value is -1.93. The Balaban J connectivity index is 2.41. The first-order valence-electron chi connectivity index (χ1n) is 24.0. The summed E-state index contributed by atoms with van der Waals surface area (Å²) in [7, 11) is -11.5. The number of carbonyl (C=O) groups is 3. The molecule has 0 radical (unpaired) electrons.